The van der Waals surface area contributed by atoms with Crippen molar-refractivity contribution in [3.8, 4) is 5.75 Å². The van der Waals surface area contributed by atoms with Crippen molar-refractivity contribution in [3.63, 3.8) is 0 Å². The minimum atomic E-state index is -0.273. The Morgan fingerprint density at radius 3 is 2.61 bits per heavy atom. The Balaban J connectivity index is 2.16. The zero-order chi connectivity index (χ0) is 13.6. The van der Waals surface area contributed by atoms with Gasteiger partial charge in [-0.05, 0) is 52.5 Å². The lowest BCUT2D eigenvalue weighted by atomic mass is 9.92. The second kappa shape index (κ2) is 7.10. The van der Waals surface area contributed by atoms with E-state index in [1.807, 2.05) is 0 Å². The van der Waals surface area contributed by atoms with Crippen molar-refractivity contribution in [3.05, 3.63) is 28.5 Å². The zero-order valence-electron chi connectivity index (χ0n) is 11.2. The van der Waals surface area contributed by atoms with E-state index in [4.69, 9.17) is 4.74 Å². The van der Waals surface area contributed by atoms with Gasteiger partial charge < -0.3 is 10.1 Å². The van der Waals surface area contributed by atoms with E-state index in [9.17, 15) is 4.39 Å². The maximum Gasteiger partial charge on any atom is 0.137 e. The van der Waals surface area contributed by atoms with Crippen LogP contribution in [0.2, 0.25) is 0 Å². The second-order valence-corrected chi connectivity index (χ2v) is 6.34. The number of hydrogen-bond acceptors (Lipinski definition) is 2. The maximum absolute atomic E-state index is 13.0. The molecule has 0 saturated heterocycles. The van der Waals surface area contributed by atoms with Gasteiger partial charge in [-0.1, -0.05) is 20.8 Å². The minimum Gasteiger partial charge on any atom is -0.492 e. The van der Waals surface area contributed by atoms with E-state index in [0.717, 1.165) is 19.5 Å². The van der Waals surface area contributed by atoms with Crippen LogP contribution in [0, 0.1) is 11.2 Å². The standard InChI is InChI=1S/C14H21BrFNO/c1-14(2,3)6-7-17-8-9-18-11-4-5-13(16)12(15)10-11/h4-5,10,17H,6-9H2,1-3H3. The zero-order valence-corrected chi connectivity index (χ0v) is 12.8. The number of hydrogen-bond donors (Lipinski definition) is 1. The van der Waals surface area contributed by atoms with Crippen LogP contribution in [0.1, 0.15) is 27.2 Å². The van der Waals surface area contributed by atoms with Crippen molar-refractivity contribution in [2.75, 3.05) is 19.7 Å². The highest BCUT2D eigenvalue weighted by Gasteiger charge is 2.08. The van der Waals surface area contributed by atoms with E-state index >= 15 is 0 Å². The Kier molecular flexibility index (Phi) is 6.09. The lowest BCUT2D eigenvalue weighted by Gasteiger charge is -2.18. The predicted molar refractivity (Wildman–Crippen MR) is 76.5 cm³/mol. The molecule has 0 spiro atoms. The molecule has 4 heteroatoms. The van der Waals surface area contributed by atoms with Gasteiger partial charge in [-0.25, -0.2) is 4.39 Å². The van der Waals surface area contributed by atoms with Gasteiger partial charge in [0, 0.05) is 6.54 Å². The van der Waals surface area contributed by atoms with Crippen LogP contribution >= 0.6 is 15.9 Å². The van der Waals surface area contributed by atoms with Gasteiger partial charge in [-0.15, -0.1) is 0 Å². The Hall–Kier alpha value is -0.610. The molecule has 0 aliphatic rings. The lowest BCUT2D eigenvalue weighted by Crippen LogP contribution is -2.25. The molecule has 0 fully saturated rings. The van der Waals surface area contributed by atoms with Gasteiger partial charge in [0.2, 0.25) is 0 Å². The third-order valence-electron chi connectivity index (χ3n) is 2.49. The first-order chi connectivity index (χ1) is 8.38. The van der Waals surface area contributed by atoms with E-state index < -0.39 is 0 Å². The molecular formula is C14H21BrFNO. The smallest absolute Gasteiger partial charge is 0.137 e. The summed E-state index contributed by atoms with van der Waals surface area (Å²) in [6, 6.07) is 4.67. The van der Waals surface area contributed by atoms with Crippen LogP contribution in [0.3, 0.4) is 0 Å². The van der Waals surface area contributed by atoms with E-state index in [2.05, 4.69) is 42.0 Å². The molecule has 1 rings (SSSR count). The topological polar surface area (TPSA) is 21.3 Å². The largest absolute Gasteiger partial charge is 0.492 e. The third kappa shape index (κ3) is 6.36. The highest BCUT2D eigenvalue weighted by Crippen LogP contribution is 2.21. The molecule has 0 atom stereocenters. The summed E-state index contributed by atoms with van der Waals surface area (Å²) in [6.07, 6.45) is 1.13. The lowest BCUT2D eigenvalue weighted by molar-refractivity contribution is 0.303. The van der Waals surface area contributed by atoms with Crippen LogP contribution in [0.4, 0.5) is 4.39 Å². The molecule has 18 heavy (non-hydrogen) atoms. The molecule has 0 aliphatic heterocycles. The Morgan fingerprint density at radius 2 is 2.00 bits per heavy atom. The van der Waals surface area contributed by atoms with Crippen molar-refractivity contribution in [2.24, 2.45) is 5.41 Å². The predicted octanol–water partition coefficient (Wildman–Crippen LogP) is 3.99. The van der Waals surface area contributed by atoms with Gasteiger partial charge in [0.15, 0.2) is 0 Å². The molecule has 0 amide bonds. The molecule has 1 aromatic carbocycles. The summed E-state index contributed by atoms with van der Waals surface area (Å²) in [5.41, 5.74) is 0.357. The quantitative estimate of drug-likeness (QED) is 0.801. The molecule has 2 nitrogen and oxygen atoms in total. The fourth-order valence-electron chi connectivity index (χ4n) is 1.40. The van der Waals surface area contributed by atoms with Crippen molar-refractivity contribution >= 4 is 15.9 Å². The Labute approximate surface area is 117 Å². The molecule has 0 aliphatic carbocycles. The van der Waals surface area contributed by atoms with Crippen molar-refractivity contribution < 1.29 is 9.13 Å². The molecule has 1 N–H and O–H groups in total. The summed E-state index contributed by atoms with van der Waals surface area (Å²) in [4.78, 5) is 0. The number of benzene rings is 1. The van der Waals surface area contributed by atoms with Crippen molar-refractivity contribution in [1.82, 2.24) is 5.32 Å². The van der Waals surface area contributed by atoms with Gasteiger partial charge in [0.05, 0.1) is 4.47 Å². The second-order valence-electron chi connectivity index (χ2n) is 5.49. The summed E-state index contributed by atoms with van der Waals surface area (Å²) in [7, 11) is 0. The summed E-state index contributed by atoms with van der Waals surface area (Å²) >= 11 is 3.13. The first-order valence-corrected chi connectivity index (χ1v) is 6.96. The number of ether oxygens (including phenoxy) is 1. The van der Waals surface area contributed by atoms with E-state index in [-0.39, 0.29) is 5.82 Å². The molecule has 0 radical (unpaired) electrons. The normalized spacial score (nSPS) is 11.6. The molecule has 1 aromatic rings. The average Bonchev–Trinajstić information content (AvgIpc) is 2.26. The first-order valence-electron chi connectivity index (χ1n) is 6.17. The van der Waals surface area contributed by atoms with E-state index in [0.29, 0.717) is 22.2 Å². The molecule has 0 aromatic heterocycles. The molecule has 102 valence electrons. The first kappa shape index (κ1) is 15.4. The monoisotopic (exact) mass is 317 g/mol. The van der Waals surface area contributed by atoms with Crippen LogP contribution in [-0.2, 0) is 0 Å². The minimum absolute atomic E-state index is 0.273. The number of halogens is 2. The molecular weight excluding hydrogens is 297 g/mol. The molecule has 0 bridgehead atoms. The highest BCUT2D eigenvalue weighted by atomic mass is 79.9. The van der Waals surface area contributed by atoms with Crippen molar-refractivity contribution in [1.29, 1.82) is 0 Å². The Bertz CT molecular complexity index is 377. The van der Waals surface area contributed by atoms with Gasteiger partial charge in [-0.2, -0.15) is 0 Å². The average molecular weight is 318 g/mol. The van der Waals surface area contributed by atoms with Gasteiger partial charge in [-0.3, -0.25) is 0 Å². The summed E-state index contributed by atoms with van der Waals surface area (Å²) in [6.45, 7) is 9.04. The molecule has 0 unspecified atom stereocenters. The third-order valence-corrected chi connectivity index (χ3v) is 3.10. The van der Waals surface area contributed by atoms with Gasteiger partial charge in [0.1, 0.15) is 18.2 Å². The van der Waals surface area contributed by atoms with Crippen LogP contribution in [0.25, 0.3) is 0 Å². The SMILES string of the molecule is CC(C)(C)CCNCCOc1ccc(F)c(Br)c1. The van der Waals surface area contributed by atoms with Gasteiger partial charge >= 0.3 is 0 Å². The summed E-state index contributed by atoms with van der Waals surface area (Å²) in [5.74, 6) is 0.409. The van der Waals surface area contributed by atoms with E-state index in [1.165, 1.54) is 6.07 Å². The fraction of sp³-hybridized carbons (Fsp3) is 0.571. The Morgan fingerprint density at radius 1 is 1.28 bits per heavy atom. The van der Waals surface area contributed by atoms with Gasteiger partial charge in [0.25, 0.3) is 0 Å². The highest BCUT2D eigenvalue weighted by molar-refractivity contribution is 9.10. The molecule has 0 saturated carbocycles. The van der Waals surface area contributed by atoms with Crippen LogP contribution in [0.15, 0.2) is 22.7 Å². The van der Waals surface area contributed by atoms with Crippen LogP contribution < -0.4 is 10.1 Å². The van der Waals surface area contributed by atoms with Crippen molar-refractivity contribution in [2.45, 2.75) is 27.2 Å². The fourth-order valence-corrected chi connectivity index (χ4v) is 1.75. The summed E-state index contributed by atoms with van der Waals surface area (Å²) in [5, 5.41) is 3.33. The maximum atomic E-state index is 13.0. The van der Waals surface area contributed by atoms with Crippen LogP contribution in [-0.4, -0.2) is 19.7 Å². The van der Waals surface area contributed by atoms with E-state index in [1.54, 1.807) is 12.1 Å². The number of nitrogens with one attached hydrogen (secondary N) is 1. The number of rotatable bonds is 6. The van der Waals surface area contributed by atoms with Crippen LogP contribution in [0.5, 0.6) is 5.75 Å². The molecule has 0 heterocycles. The summed E-state index contributed by atoms with van der Waals surface area (Å²) < 4.78 is 18.9.